The third-order valence-corrected chi connectivity index (χ3v) is 4.29. The first-order valence-electron chi connectivity index (χ1n) is 7.97. The van der Waals surface area contributed by atoms with Gasteiger partial charge in [0.2, 0.25) is 0 Å². The van der Waals surface area contributed by atoms with Crippen LogP contribution in [0.1, 0.15) is 33.9 Å². The molecule has 0 unspecified atom stereocenters. The molecule has 0 bridgehead atoms. The van der Waals surface area contributed by atoms with Crippen LogP contribution in [0.2, 0.25) is 0 Å². The minimum Gasteiger partial charge on any atom is -0.361 e. The molecule has 0 aliphatic carbocycles. The number of aromatic nitrogens is 2. The second-order valence-corrected chi connectivity index (χ2v) is 6.12. The molecule has 1 atom stereocenters. The number of pyridine rings is 1. The van der Waals surface area contributed by atoms with Crippen molar-refractivity contribution in [1.29, 1.82) is 0 Å². The fourth-order valence-electron chi connectivity index (χ4n) is 3.08. The molecule has 1 aliphatic heterocycles. The highest BCUT2D eigenvalue weighted by molar-refractivity contribution is 5.96. The molecular formula is C17H22N4O2. The second kappa shape index (κ2) is 6.91. The first-order valence-corrected chi connectivity index (χ1v) is 7.97. The van der Waals surface area contributed by atoms with E-state index < -0.39 is 0 Å². The predicted octanol–water partition coefficient (Wildman–Crippen LogP) is 1.94. The summed E-state index contributed by atoms with van der Waals surface area (Å²) >= 11 is 0. The van der Waals surface area contributed by atoms with Gasteiger partial charge in [0.15, 0.2) is 0 Å². The molecule has 23 heavy (non-hydrogen) atoms. The van der Waals surface area contributed by atoms with E-state index in [4.69, 9.17) is 4.52 Å². The molecule has 6 nitrogen and oxygen atoms in total. The average Bonchev–Trinajstić information content (AvgIpc) is 3.13. The van der Waals surface area contributed by atoms with Gasteiger partial charge in [0, 0.05) is 25.8 Å². The summed E-state index contributed by atoms with van der Waals surface area (Å²) in [6, 6.07) is 5.99. The van der Waals surface area contributed by atoms with Crippen molar-refractivity contribution < 1.29 is 9.32 Å². The normalized spacial score (nSPS) is 18.3. The quantitative estimate of drug-likeness (QED) is 0.913. The number of likely N-dealkylation sites (tertiary alicyclic amines) is 1. The Kier molecular flexibility index (Phi) is 4.71. The zero-order valence-electron chi connectivity index (χ0n) is 13.6. The Morgan fingerprint density at radius 3 is 3.00 bits per heavy atom. The Bertz CT molecular complexity index is 649. The van der Waals surface area contributed by atoms with Gasteiger partial charge in [-0.3, -0.25) is 14.7 Å². The van der Waals surface area contributed by atoms with Crippen LogP contribution in [0.5, 0.6) is 0 Å². The smallest absolute Gasteiger partial charge is 0.256 e. The summed E-state index contributed by atoms with van der Waals surface area (Å²) in [5.74, 6) is 0.954. The fraction of sp³-hybridized carbons (Fsp3) is 0.471. The number of nitrogens with zero attached hydrogens (tertiary/aromatic N) is 3. The van der Waals surface area contributed by atoms with Crippen LogP contribution < -0.4 is 5.32 Å². The molecule has 1 amide bonds. The summed E-state index contributed by atoms with van der Waals surface area (Å²) < 4.78 is 5.05. The molecule has 0 radical (unpaired) electrons. The van der Waals surface area contributed by atoms with Crippen LogP contribution >= 0.6 is 0 Å². The molecule has 1 N–H and O–H groups in total. The van der Waals surface area contributed by atoms with Crippen molar-refractivity contribution in [3.8, 4) is 0 Å². The van der Waals surface area contributed by atoms with Crippen molar-refractivity contribution in [2.75, 3.05) is 19.6 Å². The topological polar surface area (TPSA) is 71.3 Å². The Hall–Kier alpha value is -2.21. The van der Waals surface area contributed by atoms with Gasteiger partial charge in [-0.2, -0.15) is 0 Å². The largest absolute Gasteiger partial charge is 0.361 e. The van der Waals surface area contributed by atoms with E-state index in [0.29, 0.717) is 29.5 Å². The number of carbonyl (C=O) groups excluding carboxylic acids is 1. The second-order valence-electron chi connectivity index (χ2n) is 6.12. The maximum absolute atomic E-state index is 12.2. The van der Waals surface area contributed by atoms with E-state index >= 15 is 0 Å². The third kappa shape index (κ3) is 3.76. The number of nitrogens with one attached hydrogen (secondary N) is 1. The van der Waals surface area contributed by atoms with Gasteiger partial charge in [0.25, 0.3) is 5.91 Å². The van der Waals surface area contributed by atoms with Crippen molar-refractivity contribution in [3.05, 3.63) is 47.1 Å². The van der Waals surface area contributed by atoms with Crippen molar-refractivity contribution in [2.45, 2.75) is 26.8 Å². The molecule has 3 rings (SSSR count). The highest BCUT2D eigenvalue weighted by Gasteiger charge is 2.24. The summed E-state index contributed by atoms with van der Waals surface area (Å²) in [6.45, 7) is 7.13. The van der Waals surface area contributed by atoms with Crippen LogP contribution in [0.4, 0.5) is 0 Å². The van der Waals surface area contributed by atoms with Crippen LogP contribution in [0, 0.1) is 19.8 Å². The third-order valence-electron chi connectivity index (χ3n) is 4.29. The van der Waals surface area contributed by atoms with Gasteiger partial charge in [-0.25, -0.2) is 0 Å². The predicted molar refractivity (Wildman–Crippen MR) is 85.9 cm³/mol. The summed E-state index contributed by atoms with van der Waals surface area (Å²) in [5.41, 5.74) is 2.30. The number of hydrogen-bond donors (Lipinski definition) is 1. The highest BCUT2D eigenvalue weighted by atomic mass is 16.5. The van der Waals surface area contributed by atoms with Gasteiger partial charge >= 0.3 is 0 Å². The maximum atomic E-state index is 12.2. The molecule has 0 spiro atoms. The SMILES string of the molecule is Cc1noc(C)c1C(=O)NC[C@@H]1CCN(Cc2ccccn2)C1. The van der Waals surface area contributed by atoms with Crippen LogP contribution in [0.3, 0.4) is 0 Å². The highest BCUT2D eigenvalue weighted by Crippen LogP contribution is 2.18. The van der Waals surface area contributed by atoms with Gasteiger partial charge < -0.3 is 9.84 Å². The van der Waals surface area contributed by atoms with Gasteiger partial charge in [-0.15, -0.1) is 0 Å². The van der Waals surface area contributed by atoms with E-state index in [1.54, 1.807) is 13.8 Å². The lowest BCUT2D eigenvalue weighted by molar-refractivity contribution is 0.0945. The molecule has 122 valence electrons. The summed E-state index contributed by atoms with van der Waals surface area (Å²) in [5, 5.41) is 6.84. The van der Waals surface area contributed by atoms with Crippen molar-refractivity contribution >= 4 is 5.91 Å². The Morgan fingerprint density at radius 1 is 1.43 bits per heavy atom. The molecule has 1 fully saturated rings. The maximum Gasteiger partial charge on any atom is 0.256 e. The zero-order valence-corrected chi connectivity index (χ0v) is 13.6. The van der Waals surface area contributed by atoms with E-state index in [0.717, 1.165) is 31.7 Å². The Balaban J connectivity index is 1.48. The van der Waals surface area contributed by atoms with Crippen LogP contribution in [-0.2, 0) is 6.54 Å². The van der Waals surface area contributed by atoms with Crippen molar-refractivity contribution in [2.24, 2.45) is 5.92 Å². The summed E-state index contributed by atoms with van der Waals surface area (Å²) in [7, 11) is 0. The lowest BCUT2D eigenvalue weighted by atomic mass is 10.1. The average molecular weight is 314 g/mol. The number of rotatable bonds is 5. The van der Waals surface area contributed by atoms with E-state index in [-0.39, 0.29) is 5.91 Å². The minimum absolute atomic E-state index is 0.0931. The molecular weight excluding hydrogens is 292 g/mol. The zero-order chi connectivity index (χ0) is 16.2. The molecule has 1 saturated heterocycles. The molecule has 3 heterocycles. The minimum atomic E-state index is -0.0931. The summed E-state index contributed by atoms with van der Waals surface area (Å²) in [6.07, 6.45) is 2.92. The van der Waals surface area contributed by atoms with Crippen molar-refractivity contribution in [3.63, 3.8) is 0 Å². The number of hydrogen-bond acceptors (Lipinski definition) is 5. The molecule has 0 aromatic carbocycles. The Labute approximate surface area is 135 Å². The van der Waals surface area contributed by atoms with E-state index in [9.17, 15) is 4.79 Å². The molecule has 1 aliphatic rings. The summed E-state index contributed by atoms with van der Waals surface area (Å²) in [4.78, 5) is 19.0. The first-order chi connectivity index (χ1) is 11.1. The molecule has 6 heteroatoms. The number of amides is 1. The van der Waals surface area contributed by atoms with Gasteiger partial charge in [0.1, 0.15) is 11.3 Å². The van der Waals surface area contributed by atoms with E-state index in [2.05, 4.69) is 20.4 Å². The van der Waals surface area contributed by atoms with Gasteiger partial charge in [-0.1, -0.05) is 11.2 Å². The molecule has 2 aromatic rings. The molecule has 0 saturated carbocycles. The molecule has 2 aromatic heterocycles. The van der Waals surface area contributed by atoms with E-state index in [1.807, 2.05) is 24.4 Å². The first kappa shape index (κ1) is 15.7. The van der Waals surface area contributed by atoms with Crippen LogP contribution in [-0.4, -0.2) is 40.6 Å². The lowest BCUT2D eigenvalue weighted by Gasteiger charge is -2.15. The Morgan fingerprint density at radius 2 is 2.30 bits per heavy atom. The number of aryl methyl sites for hydroxylation is 2. The van der Waals surface area contributed by atoms with Gasteiger partial charge in [-0.05, 0) is 44.9 Å². The standard InChI is InChI=1S/C17H22N4O2/c1-12-16(13(2)23-20-12)17(22)19-9-14-6-8-21(10-14)11-15-5-3-4-7-18-15/h3-5,7,14H,6,8-11H2,1-2H3,(H,19,22)/t14-/m0/s1. The lowest BCUT2D eigenvalue weighted by Crippen LogP contribution is -2.31. The van der Waals surface area contributed by atoms with Crippen molar-refractivity contribution in [1.82, 2.24) is 20.4 Å². The number of carbonyl (C=O) groups is 1. The van der Waals surface area contributed by atoms with E-state index in [1.165, 1.54) is 0 Å². The monoisotopic (exact) mass is 314 g/mol. The van der Waals surface area contributed by atoms with Gasteiger partial charge in [0.05, 0.1) is 11.4 Å². The fourth-order valence-corrected chi connectivity index (χ4v) is 3.08. The van der Waals surface area contributed by atoms with Crippen LogP contribution in [0.25, 0.3) is 0 Å². The van der Waals surface area contributed by atoms with Crippen LogP contribution in [0.15, 0.2) is 28.9 Å².